The smallest absolute Gasteiger partial charge is 0.161 e. The summed E-state index contributed by atoms with van der Waals surface area (Å²) in [6, 6.07) is 6.11. The number of rotatable bonds is 4. The standard InChI is InChI=1S/C14H17NO2/c1-3-12(4-2)15-10-11-5-6-13-14(9-11)17-8-7-16-13/h1,5-6,9,12,15H,4,7-8,10H2,2H3. The summed E-state index contributed by atoms with van der Waals surface area (Å²) in [5, 5.41) is 3.31. The quantitative estimate of drug-likeness (QED) is 0.803. The van der Waals surface area contributed by atoms with Crippen molar-refractivity contribution < 1.29 is 9.47 Å². The summed E-state index contributed by atoms with van der Waals surface area (Å²) in [6.07, 6.45) is 6.33. The van der Waals surface area contributed by atoms with Crippen LogP contribution < -0.4 is 14.8 Å². The van der Waals surface area contributed by atoms with Gasteiger partial charge >= 0.3 is 0 Å². The monoisotopic (exact) mass is 231 g/mol. The first kappa shape index (κ1) is 11.8. The molecule has 1 aromatic rings. The maximum absolute atomic E-state index is 5.53. The third-order valence-electron chi connectivity index (χ3n) is 2.77. The topological polar surface area (TPSA) is 30.5 Å². The molecule has 1 heterocycles. The highest BCUT2D eigenvalue weighted by molar-refractivity contribution is 5.43. The highest BCUT2D eigenvalue weighted by Gasteiger charge is 2.11. The van der Waals surface area contributed by atoms with Crippen LogP contribution >= 0.6 is 0 Å². The van der Waals surface area contributed by atoms with Gasteiger partial charge in [0.1, 0.15) is 13.2 Å². The van der Waals surface area contributed by atoms with Gasteiger partial charge in [0.2, 0.25) is 0 Å². The van der Waals surface area contributed by atoms with Crippen molar-refractivity contribution in [2.24, 2.45) is 0 Å². The van der Waals surface area contributed by atoms with Gasteiger partial charge < -0.3 is 9.47 Å². The van der Waals surface area contributed by atoms with Gasteiger partial charge in [-0.15, -0.1) is 6.42 Å². The summed E-state index contributed by atoms with van der Waals surface area (Å²) in [6.45, 7) is 4.06. The lowest BCUT2D eigenvalue weighted by Crippen LogP contribution is -2.26. The maximum atomic E-state index is 5.53. The van der Waals surface area contributed by atoms with Crippen LogP contribution in [0.15, 0.2) is 18.2 Å². The Bertz CT molecular complexity index is 423. The van der Waals surface area contributed by atoms with Crippen molar-refractivity contribution in [1.29, 1.82) is 0 Å². The van der Waals surface area contributed by atoms with Gasteiger partial charge in [-0.25, -0.2) is 0 Å². The number of nitrogens with one attached hydrogen (secondary N) is 1. The van der Waals surface area contributed by atoms with Crippen LogP contribution in [0.4, 0.5) is 0 Å². The average Bonchev–Trinajstić information content (AvgIpc) is 2.40. The lowest BCUT2D eigenvalue weighted by Gasteiger charge is -2.19. The van der Waals surface area contributed by atoms with E-state index in [1.54, 1.807) is 0 Å². The first-order chi connectivity index (χ1) is 8.33. The third kappa shape index (κ3) is 2.92. The second kappa shape index (κ2) is 5.60. The summed E-state index contributed by atoms with van der Waals surface area (Å²) >= 11 is 0. The van der Waals surface area contributed by atoms with Crippen LogP contribution in [0.3, 0.4) is 0 Å². The molecule has 0 saturated carbocycles. The fourth-order valence-corrected chi connectivity index (χ4v) is 1.76. The Morgan fingerprint density at radius 1 is 1.35 bits per heavy atom. The van der Waals surface area contributed by atoms with E-state index in [1.165, 1.54) is 0 Å². The van der Waals surface area contributed by atoms with Crippen molar-refractivity contribution in [3.63, 3.8) is 0 Å². The van der Waals surface area contributed by atoms with E-state index in [0.29, 0.717) is 13.2 Å². The van der Waals surface area contributed by atoms with Crippen LogP contribution in [0.2, 0.25) is 0 Å². The molecule has 0 spiro atoms. The van der Waals surface area contributed by atoms with Crippen molar-refractivity contribution in [2.75, 3.05) is 13.2 Å². The number of benzene rings is 1. The highest BCUT2D eigenvalue weighted by Crippen LogP contribution is 2.30. The van der Waals surface area contributed by atoms with Crippen LogP contribution in [-0.2, 0) is 6.54 Å². The molecule has 0 fully saturated rings. The Balaban J connectivity index is 2.00. The van der Waals surface area contributed by atoms with Crippen LogP contribution in [-0.4, -0.2) is 19.3 Å². The number of fused-ring (bicyclic) bond motifs is 1. The Morgan fingerprint density at radius 2 is 2.12 bits per heavy atom. The first-order valence-corrected chi connectivity index (χ1v) is 5.91. The molecule has 0 saturated heterocycles. The van der Waals surface area contributed by atoms with Gasteiger partial charge in [0.25, 0.3) is 0 Å². The van der Waals surface area contributed by atoms with Gasteiger partial charge in [0, 0.05) is 6.54 Å². The van der Waals surface area contributed by atoms with E-state index in [-0.39, 0.29) is 6.04 Å². The summed E-state index contributed by atoms with van der Waals surface area (Å²) in [5.74, 6) is 4.36. The average molecular weight is 231 g/mol. The van der Waals surface area contributed by atoms with E-state index >= 15 is 0 Å². The van der Waals surface area contributed by atoms with E-state index in [2.05, 4.69) is 18.2 Å². The lowest BCUT2D eigenvalue weighted by atomic mass is 10.1. The molecule has 1 N–H and O–H groups in total. The van der Waals surface area contributed by atoms with E-state index in [4.69, 9.17) is 15.9 Å². The summed E-state index contributed by atoms with van der Waals surface area (Å²) in [7, 11) is 0. The molecule has 0 bridgehead atoms. The van der Waals surface area contributed by atoms with Crippen LogP contribution in [0.25, 0.3) is 0 Å². The molecule has 90 valence electrons. The molecule has 0 aromatic heterocycles. The SMILES string of the molecule is C#CC(CC)NCc1ccc2c(c1)OCCO2. The van der Waals surface area contributed by atoms with Crippen LogP contribution in [0.5, 0.6) is 11.5 Å². The summed E-state index contributed by atoms with van der Waals surface area (Å²) in [4.78, 5) is 0. The molecular weight excluding hydrogens is 214 g/mol. The van der Waals surface area contributed by atoms with Crippen molar-refractivity contribution in [3.8, 4) is 23.8 Å². The van der Waals surface area contributed by atoms with E-state index in [9.17, 15) is 0 Å². The maximum Gasteiger partial charge on any atom is 0.161 e. The fourth-order valence-electron chi connectivity index (χ4n) is 1.76. The van der Waals surface area contributed by atoms with Crippen molar-refractivity contribution >= 4 is 0 Å². The molecule has 3 nitrogen and oxygen atoms in total. The zero-order valence-corrected chi connectivity index (χ0v) is 10.0. The Labute approximate surface area is 102 Å². The Kier molecular flexibility index (Phi) is 3.89. The largest absolute Gasteiger partial charge is 0.486 e. The van der Waals surface area contributed by atoms with Crippen molar-refractivity contribution in [3.05, 3.63) is 23.8 Å². The molecular formula is C14H17NO2. The van der Waals surface area contributed by atoms with Crippen molar-refractivity contribution in [2.45, 2.75) is 25.9 Å². The summed E-state index contributed by atoms with van der Waals surface area (Å²) < 4.78 is 11.0. The molecule has 1 atom stereocenters. The molecule has 1 unspecified atom stereocenters. The number of hydrogen-bond donors (Lipinski definition) is 1. The van der Waals surface area contributed by atoms with E-state index in [0.717, 1.165) is 30.0 Å². The van der Waals surface area contributed by atoms with Gasteiger partial charge in [-0.2, -0.15) is 0 Å². The molecule has 1 aromatic carbocycles. The lowest BCUT2D eigenvalue weighted by molar-refractivity contribution is 0.171. The van der Waals surface area contributed by atoms with Crippen LogP contribution in [0, 0.1) is 12.3 Å². The fraction of sp³-hybridized carbons (Fsp3) is 0.429. The predicted octanol–water partition coefficient (Wildman–Crippen LogP) is 1.96. The number of terminal acetylenes is 1. The van der Waals surface area contributed by atoms with Crippen molar-refractivity contribution in [1.82, 2.24) is 5.32 Å². The summed E-state index contributed by atoms with van der Waals surface area (Å²) in [5.41, 5.74) is 1.16. The first-order valence-electron chi connectivity index (χ1n) is 5.91. The van der Waals surface area contributed by atoms with Gasteiger partial charge in [0.05, 0.1) is 6.04 Å². The molecule has 0 radical (unpaired) electrons. The molecule has 3 heteroatoms. The number of hydrogen-bond acceptors (Lipinski definition) is 3. The molecule has 0 aliphatic carbocycles. The minimum absolute atomic E-state index is 0.128. The highest BCUT2D eigenvalue weighted by atomic mass is 16.6. The molecule has 1 aliphatic heterocycles. The minimum Gasteiger partial charge on any atom is -0.486 e. The van der Waals surface area contributed by atoms with Gasteiger partial charge in [-0.05, 0) is 24.1 Å². The normalized spacial score (nSPS) is 15.1. The second-order valence-corrected chi connectivity index (χ2v) is 3.99. The van der Waals surface area contributed by atoms with E-state index < -0.39 is 0 Å². The minimum atomic E-state index is 0.128. The molecule has 17 heavy (non-hydrogen) atoms. The zero-order valence-electron chi connectivity index (χ0n) is 10.0. The van der Waals surface area contributed by atoms with Gasteiger partial charge in [-0.1, -0.05) is 18.9 Å². The zero-order chi connectivity index (χ0) is 12.1. The Morgan fingerprint density at radius 3 is 2.82 bits per heavy atom. The molecule has 0 amide bonds. The second-order valence-electron chi connectivity index (χ2n) is 3.99. The predicted molar refractivity (Wildman–Crippen MR) is 67.2 cm³/mol. The Hall–Kier alpha value is -1.66. The van der Waals surface area contributed by atoms with Gasteiger partial charge in [0.15, 0.2) is 11.5 Å². The molecule has 2 rings (SSSR count). The number of ether oxygens (including phenoxy) is 2. The van der Waals surface area contributed by atoms with Crippen LogP contribution in [0.1, 0.15) is 18.9 Å². The third-order valence-corrected chi connectivity index (χ3v) is 2.77. The molecule has 1 aliphatic rings. The van der Waals surface area contributed by atoms with Gasteiger partial charge in [-0.3, -0.25) is 5.32 Å². The van der Waals surface area contributed by atoms with E-state index in [1.807, 2.05) is 18.2 Å².